The van der Waals surface area contributed by atoms with Crippen LogP contribution in [0.5, 0.6) is 0 Å². The summed E-state index contributed by atoms with van der Waals surface area (Å²) in [6, 6.07) is 9.52. The second-order valence-corrected chi connectivity index (χ2v) is 3.67. The van der Waals surface area contributed by atoms with Crippen LogP contribution >= 0.6 is 0 Å². The van der Waals surface area contributed by atoms with Crippen molar-refractivity contribution in [3.63, 3.8) is 0 Å². The molecule has 1 rings (SSSR count). The van der Waals surface area contributed by atoms with Crippen molar-refractivity contribution >= 4 is 11.7 Å². The molecule has 0 unspecified atom stereocenters. The Morgan fingerprint density at radius 1 is 1.31 bits per heavy atom. The van der Waals surface area contributed by atoms with E-state index in [0.29, 0.717) is 18.8 Å². The van der Waals surface area contributed by atoms with Gasteiger partial charge in [-0.25, -0.2) is 0 Å². The lowest BCUT2D eigenvalue weighted by Gasteiger charge is -2.08. The van der Waals surface area contributed by atoms with Crippen LogP contribution in [0.25, 0.3) is 0 Å². The average molecular weight is 219 g/mol. The van der Waals surface area contributed by atoms with E-state index in [0.717, 1.165) is 5.56 Å². The molecule has 0 aliphatic rings. The summed E-state index contributed by atoms with van der Waals surface area (Å²) in [4.78, 5) is 17.0. The first kappa shape index (κ1) is 12.2. The quantitative estimate of drug-likeness (QED) is 0.603. The third-order valence-corrected chi connectivity index (χ3v) is 2.18. The summed E-state index contributed by atoms with van der Waals surface area (Å²) in [6.45, 7) is 0.428. The minimum absolute atomic E-state index is 0.0598. The lowest BCUT2D eigenvalue weighted by atomic mass is 10.2. The van der Waals surface area contributed by atoms with Crippen molar-refractivity contribution in [1.82, 2.24) is 4.90 Å². The van der Waals surface area contributed by atoms with Crippen molar-refractivity contribution in [3.05, 3.63) is 35.9 Å². The molecule has 0 aromatic heterocycles. The number of nitrogens with two attached hydrogens (primary N) is 1. The molecule has 1 aromatic rings. The maximum absolute atomic E-state index is 11.3. The Kier molecular flexibility index (Phi) is 4.51. The van der Waals surface area contributed by atoms with Crippen LogP contribution < -0.4 is 5.73 Å². The Bertz CT molecular complexity index is 371. The highest BCUT2D eigenvalue weighted by Crippen LogP contribution is 1.98. The summed E-state index contributed by atoms with van der Waals surface area (Å²) in [5, 5.41) is 0. The van der Waals surface area contributed by atoms with Gasteiger partial charge in [-0.3, -0.25) is 9.79 Å². The molecular weight excluding hydrogens is 202 g/mol. The summed E-state index contributed by atoms with van der Waals surface area (Å²) >= 11 is 0. The molecule has 0 aliphatic carbocycles. The van der Waals surface area contributed by atoms with Crippen LogP contribution in [-0.2, 0) is 4.79 Å². The predicted octanol–water partition coefficient (Wildman–Crippen LogP) is 0.870. The van der Waals surface area contributed by atoms with Crippen molar-refractivity contribution in [2.24, 2.45) is 10.7 Å². The summed E-state index contributed by atoms with van der Waals surface area (Å²) in [6.07, 6.45) is 0.389. The van der Waals surface area contributed by atoms with Gasteiger partial charge in [-0.15, -0.1) is 0 Å². The first-order valence-electron chi connectivity index (χ1n) is 5.16. The molecule has 0 bridgehead atoms. The standard InChI is InChI=1S/C12H17N3O/c1-15(2)11(16)8-9-14-12(13)10-6-4-3-5-7-10/h3-7H,8-9H2,1-2H3,(H2,13,14). The molecule has 0 saturated heterocycles. The van der Waals surface area contributed by atoms with Crippen molar-refractivity contribution in [2.45, 2.75) is 6.42 Å². The highest BCUT2D eigenvalue weighted by molar-refractivity contribution is 5.97. The van der Waals surface area contributed by atoms with E-state index in [9.17, 15) is 4.79 Å². The zero-order chi connectivity index (χ0) is 12.0. The van der Waals surface area contributed by atoms with Gasteiger partial charge in [0, 0.05) is 26.1 Å². The molecule has 4 heteroatoms. The van der Waals surface area contributed by atoms with Crippen molar-refractivity contribution in [3.8, 4) is 0 Å². The Morgan fingerprint density at radius 3 is 2.50 bits per heavy atom. The number of aliphatic imine (C=N–C) groups is 1. The number of carbonyl (C=O) groups excluding carboxylic acids is 1. The number of amidine groups is 1. The van der Waals surface area contributed by atoms with Crippen LogP contribution in [0, 0.1) is 0 Å². The second kappa shape index (κ2) is 5.90. The lowest BCUT2D eigenvalue weighted by molar-refractivity contribution is -0.128. The van der Waals surface area contributed by atoms with E-state index < -0.39 is 0 Å². The number of hydrogen-bond donors (Lipinski definition) is 1. The van der Waals surface area contributed by atoms with Gasteiger partial charge in [0.15, 0.2) is 0 Å². The molecule has 1 amide bonds. The largest absolute Gasteiger partial charge is 0.384 e. The Hall–Kier alpha value is -1.84. The fourth-order valence-electron chi connectivity index (χ4n) is 1.20. The van der Waals surface area contributed by atoms with Crippen LogP contribution in [0.15, 0.2) is 35.3 Å². The Balaban J connectivity index is 2.50. The van der Waals surface area contributed by atoms with E-state index in [1.165, 1.54) is 0 Å². The van der Waals surface area contributed by atoms with Crippen LogP contribution in [0.2, 0.25) is 0 Å². The normalized spacial score (nSPS) is 11.2. The van der Waals surface area contributed by atoms with Gasteiger partial charge in [0.2, 0.25) is 5.91 Å². The molecule has 2 N–H and O–H groups in total. The molecule has 0 atom stereocenters. The maximum Gasteiger partial charge on any atom is 0.223 e. The van der Waals surface area contributed by atoms with Crippen molar-refractivity contribution < 1.29 is 4.79 Å². The van der Waals surface area contributed by atoms with Gasteiger partial charge in [-0.1, -0.05) is 30.3 Å². The summed E-state index contributed by atoms with van der Waals surface area (Å²) in [5.41, 5.74) is 6.67. The second-order valence-electron chi connectivity index (χ2n) is 3.67. The zero-order valence-electron chi connectivity index (χ0n) is 9.68. The minimum Gasteiger partial charge on any atom is -0.384 e. The van der Waals surface area contributed by atoms with E-state index in [4.69, 9.17) is 5.73 Å². The molecule has 0 radical (unpaired) electrons. The highest BCUT2D eigenvalue weighted by atomic mass is 16.2. The fraction of sp³-hybridized carbons (Fsp3) is 0.333. The molecule has 0 spiro atoms. The van der Waals surface area contributed by atoms with Crippen molar-refractivity contribution in [1.29, 1.82) is 0 Å². The van der Waals surface area contributed by atoms with Gasteiger partial charge in [0.25, 0.3) is 0 Å². The topological polar surface area (TPSA) is 58.7 Å². The maximum atomic E-state index is 11.3. The van der Waals surface area contributed by atoms with Crippen LogP contribution in [0.4, 0.5) is 0 Å². The molecule has 0 saturated carbocycles. The first-order chi connectivity index (χ1) is 7.61. The van der Waals surface area contributed by atoms with E-state index in [1.54, 1.807) is 19.0 Å². The number of hydrogen-bond acceptors (Lipinski definition) is 2. The van der Waals surface area contributed by atoms with Gasteiger partial charge in [-0.05, 0) is 0 Å². The third-order valence-electron chi connectivity index (χ3n) is 2.18. The van der Waals surface area contributed by atoms with E-state index in [2.05, 4.69) is 4.99 Å². The Morgan fingerprint density at radius 2 is 1.94 bits per heavy atom. The third kappa shape index (κ3) is 3.73. The summed E-state index contributed by atoms with van der Waals surface area (Å²) in [7, 11) is 3.46. The first-order valence-corrected chi connectivity index (χ1v) is 5.16. The molecule has 16 heavy (non-hydrogen) atoms. The number of benzene rings is 1. The van der Waals surface area contributed by atoms with E-state index >= 15 is 0 Å². The van der Waals surface area contributed by atoms with Crippen LogP contribution in [0.1, 0.15) is 12.0 Å². The van der Waals surface area contributed by atoms with Gasteiger partial charge in [-0.2, -0.15) is 0 Å². The number of nitrogens with zero attached hydrogens (tertiary/aromatic N) is 2. The summed E-state index contributed by atoms with van der Waals surface area (Å²) in [5.74, 6) is 0.539. The SMILES string of the molecule is CN(C)C(=O)CCN=C(N)c1ccccc1. The molecular formula is C12H17N3O. The molecule has 4 nitrogen and oxygen atoms in total. The monoisotopic (exact) mass is 219 g/mol. The Labute approximate surface area is 95.8 Å². The number of amides is 1. The van der Waals surface area contributed by atoms with Gasteiger partial charge >= 0.3 is 0 Å². The van der Waals surface area contributed by atoms with Crippen molar-refractivity contribution in [2.75, 3.05) is 20.6 Å². The molecule has 1 aromatic carbocycles. The molecule has 0 heterocycles. The van der Waals surface area contributed by atoms with E-state index in [-0.39, 0.29) is 5.91 Å². The smallest absolute Gasteiger partial charge is 0.223 e. The lowest BCUT2D eigenvalue weighted by Crippen LogP contribution is -2.22. The van der Waals surface area contributed by atoms with Gasteiger partial charge in [0.1, 0.15) is 5.84 Å². The minimum atomic E-state index is 0.0598. The van der Waals surface area contributed by atoms with Gasteiger partial charge in [0.05, 0.1) is 6.54 Å². The average Bonchev–Trinajstić information content (AvgIpc) is 2.29. The fourth-order valence-corrected chi connectivity index (χ4v) is 1.20. The number of carbonyl (C=O) groups is 1. The van der Waals surface area contributed by atoms with Crippen LogP contribution in [0.3, 0.4) is 0 Å². The molecule has 86 valence electrons. The zero-order valence-corrected chi connectivity index (χ0v) is 9.68. The molecule has 0 fully saturated rings. The number of rotatable bonds is 4. The van der Waals surface area contributed by atoms with Crippen LogP contribution in [-0.4, -0.2) is 37.3 Å². The van der Waals surface area contributed by atoms with E-state index in [1.807, 2.05) is 30.3 Å². The predicted molar refractivity (Wildman–Crippen MR) is 65.3 cm³/mol. The summed E-state index contributed by atoms with van der Waals surface area (Å²) < 4.78 is 0. The highest BCUT2D eigenvalue weighted by Gasteiger charge is 2.02. The molecule has 0 aliphatic heterocycles. The van der Waals surface area contributed by atoms with Gasteiger partial charge < -0.3 is 10.6 Å².